The first-order valence-electron chi connectivity index (χ1n) is 6.55. The lowest BCUT2D eigenvalue weighted by molar-refractivity contribution is 0.503. The molecule has 3 N–H and O–H groups in total. The Morgan fingerprint density at radius 2 is 2.21 bits per heavy atom. The lowest BCUT2D eigenvalue weighted by atomic mass is 10.1. The van der Waals surface area contributed by atoms with Gasteiger partial charge in [-0.25, -0.2) is 4.39 Å². The van der Waals surface area contributed by atoms with Gasteiger partial charge in [-0.3, -0.25) is 5.10 Å². The molecule has 0 radical (unpaired) electrons. The first kappa shape index (κ1) is 12.2. The third-order valence-corrected chi connectivity index (χ3v) is 3.51. The fraction of sp³-hybridized carbons (Fsp3) is 0.357. The molecule has 0 aliphatic carbocycles. The van der Waals surface area contributed by atoms with Crippen molar-refractivity contribution in [3.63, 3.8) is 0 Å². The number of halogens is 1. The van der Waals surface area contributed by atoms with Gasteiger partial charge in [0.05, 0.1) is 5.69 Å². The molecule has 1 aliphatic heterocycles. The van der Waals surface area contributed by atoms with Crippen LogP contribution >= 0.6 is 0 Å². The van der Waals surface area contributed by atoms with E-state index < -0.39 is 0 Å². The van der Waals surface area contributed by atoms with Gasteiger partial charge in [0.2, 0.25) is 0 Å². The lowest BCUT2D eigenvalue weighted by Gasteiger charge is -2.30. The SMILES string of the molecule is NC1CCCN(c2cc(-c3ccccc3F)[nH]n2)C1. The van der Waals surface area contributed by atoms with E-state index in [2.05, 4.69) is 15.1 Å². The summed E-state index contributed by atoms with van der Waals surface area (Å²) >= 11 is 0. The van der Waals surface area contributed by atoms with Crippen molar-refractivity contribution < 1.29 is 4.39 Å². The molecule has 1 fully saturated rings. The summed E-state index contributed by atoms with van der Waals surface area (Å²) in [6.07, 6.45) is 2.13. The van der Waals surface area contributed by atoms with Crippen LogP contribution in [-0.2, 0) is 0 Å². The van der Waals surface area contributed by atoms with E-state index in [1.54, 1.807) is 12.1 Å². The van der Waals surface area contributed by atoms with Crippen molar-refractivity contribution in [1.29, 1.82) is 0 Å². The second kappa shape index (κ2) is 5.01. The molecule has 1 saturated heterocycles. The molecule has 0 bridgehead atoms. The molecule has 0 amide bonds. The third kappa shape index (κ3) is 2.46. The monoisotopic (exact) mass is 260 g/mol. The zero-order valence-electron chi connectivity index (χ0n) is 10.6. The number of hydrogen-bond donors (Lipinski definition) is 2. The van der Waals surface area contributed by atoms with Gasteiger partial charge in [0, 0.05) is 30.8 Å². The quantitative estimate of drug-likeness (QED) is 0.869. The van der Waals surface area contributed by atoms with Crippen LogP contribution in [0.15, 0.2) is 30.3 Å². The second-order valence-corrected chi connectivity index (χ2v) is 4.97. The highest BCUT2D eigenvalue weighted by molar-refractivity contribution is 5.63. The zero-order chi connectivity index (χ0) is 13.2. The minimum Gasteiger partial charge on any atom is -0.354 e. The predicted octanol–water partition coefficient (Wildman–Crippen LogP) is 2.14. The van der Waals surface area contributed by atoms with Gasteiger partial charge < -0.3 is 10.6 Å². The fourth-order valence-corrected chi connectivity index (χ4v) is 2.51. The Hall–Kier alpha value is -1.88. The first-order chi connectivity index (χ1) is 9.24. The number of nitrogens with one attached hydrogen (secondary N) is 1. The molecule has 4 nitrogen and oxygen atoms in total. The average molecular weight is 260 g/mol. The van der Waals surface area contributed by atoms with E-state index in [4.69, 9.17) is 5.73 Å². The highest BCUT2D eigenvalue weighted by Crippen LogP contribution is 2.25. The average Bonchev–Trinajstić information content (AvgIpc) is 2.89. The minimum atomic E-state index is -0.243. The molecular weight excluding hydrogens is 243 g/mol. The molecule has 1 aliphatic rings. The van der Waals surface area contributed by atoms with Crippen LogP contribution in [-0.4, -0.2) is 29.3 Å². The van der Waals surface area contributed by atoms with E-state index >= 15 is 0 Å². The number of aromatic amines is 1. The third-order valence-electron chi connectivity index (χ3n) is 3.51. The predicted molar refractivity (Wildman–Crippen MR) is 73.4 cm³/mol. The summed E-state index contributed by atoms with van der Waals surface area (Å²) in [4.78, 5) is 2.15. The summed E-state index contributed by atoms with van der Waals surface area (Å²) in [5.41, 5.74) is 7.21. The van der Waals surface area contributed by atoms with Crippen molar-refractivity contribution in [3.8, 4) is 11.3 Å². The molecule has 19 heavy (non-hydrogen) atoms. The summed E-state index contributed by atoms with van der Waals surface area (Å²) in [6, 6.07) is 8.77. The van der Waals surface area contributed by atoms with E-state index in [9.17, 15) is 4.39 Å². The van der Waals surface area contributed by atoms with E-state index in [-0.39, 0.29) is 11.9 Å². The Morgan fingerprint density at radius 1 is 1.37 bits per heavy atom. The van der Waals surface area contributed by atoms with E-state index in [1.165, 1.54) is 6.07 Å². The number of hydrogen-bond acceptors (Lipinski definition) is 3. The summed E-state index contributed by atoms with van der Waals surface area (Å²) < 4.78 is 13.7. The molecule has 1 aromatic heterocycles. The number of anilines is 1. The first-order valence-corrected chi connectivity index (χ1v) is 6.55. The van der Waals surface area contributed by atoms with Gasteiger partial charge in [0.15, 0.2) is 5.82 Å². The highest BCUT2D eigenvalue weighted by Gasteiger charge is 2.19. The maximum Gasteiger partial charge on any atom is 0.151 e. The summed E-state index contributed by atoms with van der Waals surface area (Å²) in [7, 11) is 0. The van der Waals surface area contributed by atoms with Crippen molar-refractivity contribution in [2.75, 3.05) is 18.0 Å². The molecular formula is C14H17FN4. The van der Waals surface area contributed by atoms with Crippen molar-refractivity contribution >= 4 is 5.82 Å². The molecule has 3 rings (SSSR count). The van der Waals surface area contributed by atoms with Crippen LogP contribution in [0.25, 0.3) is 11.3 Å². The van der Waals surface area contributed by atoms with Gasteiger partial charge in [0.1, 0.15) is 5.82 Å². The van der Waals surface area contributed by atoms with E-state index in [0.717, 1.165) is 31.7 Å². The second-order valence-electron chi connectivity index (χ2n) is 4.97. The van der Waals surface area contributed by atoms with Gasteiger partial charge in [-0.15, -0.1) is 0 Å². The topological polar surface area (TPSA) is 57.9 Å². The van der Waals surface area contributed by atoms with Gasteiger partial charge in [-0.05, 0) is 25.0 Å². The maximum absolute atomic E-state index is 13.7. The zero-order valence-corrected chi connectivity index (χ0v) is 10.6. The number of nitrogens with two attached hydrogens (primary N) is 1. The van der Waals surface area contributed by atoms with Gasteiger partial charge in [-0.1, -0.05) is 12.1 Å². The van der Waals surface area contributed by atoms with Crippen LogP contribution in [0.4, 0.5) is 10.2 Å². The van der Waals surface area contributed by atoms with Crippen molar-refractivity contribution in [2.45, 2.75) is 18.9 Å². The normalized spacial score (nSPS) is 19.7. The Balaban J connectivity index is 1.85. The van der Waals surface area contributed by atoms with Crippen molar-refractivity contribution in [2.24, 2.45) is 5.73 Å². The highest BCUT2D eigenvalue weighted by atomic mass is 19.1. The molecule has 0 saturated carbocycles. The number of rotatable bonds is 2. The number of piperidine rings is 1. The number of aromatic nitrogens is 2. The van der Waals surface area contributed by atoms with Gasteiger partial charge in [0.25, 0.3) is 0 Å². The standard InChI is InChI=1S/C14H17FN4/c15-12-6-2-1-5-11(12)13-8-14(18-17-13)19-7-3-4-10(16)9-19/h1-2,5-6,8,10H,3-4,7,9,16H2,(H,17,18). The number of nitrogens with zero attached hydrogens (tertiary/aromatic N) is 2. The van der Waals surface area contributed by atoms with Crippen LogP contribution in [0.2, 0.25) is 0 Å². The van der Waals surface area contributed by atoms with Crippen LogP contribution in [0.3, 0.4) is 0 Å². The fourth-order valence-electron chi connectivity index (χ4n) is 2.51. The smallest absolute Gasteiger partial charge is 0.151 e. The molecule has 2 heterocycles. The van der Waals surface area contributed by atoms with Gasteiger partial charge in [-0.2, -0.15) is 5.10 Å². The van der Waals surface area contributed by atoms with E-state index in [1.807, 2.05) is 12.1 Å². The Labute approximate surface area is 111 Å². The maximum atomic E-state index is 13.7. The van der Waals surface area contributed by atoms with Crippen molar-refractivity contribution in [1.82, 2.24) is 10.2 Å². The minimum absolute atomic E-state index is 0.197. The van der Waals surface area contributed by atoms with Gasteiger partial charge >= 0.3 is 0 Å². The molecule has 1 atom stereocenters. The molecule has 2 aromatic rings. The largest absolute Gasteiger partial charge is 0.354 e. The molecule has 1 aromatic carbocycles. The Morgan fingerprint density at radius 3 is 3.00 bits per heavy atom. The summed E-state index contributed by atoms with van der Waals surface area (Å²) in [5.74, 6) is 0.599. The van der Waals surface area contributed by atoms with Crippen LogP contribution in [0, 0.1) is 5.82 Å². The van der Waals surface area contributed by atoms with Crippen LogP contribution in [0.1, 0.15) is 12.8 Å². The Kier molecular flexibility index (Phi) is 3.21. The molecule has 1 unspecified atom stereocenters. The number of H-pyrrole nitrogens is 1. The molecule has 0 spiro atoms. The van der Waals surface area contributed by atoms with Crippen LogP contribution < -0.4 is 10.6 Å². The summed E-state index contributed by atoms with van der Waals surface area (Å²) in [5, 5.41) is 7.17. The lowest BCUT2D eigenvalue weighted by Crippen LogP contribution is -2.43. The number of benzene rings is 1. The summed E-state index contributed by atoms with van der Waals surface area (Å²) in [6.45, 7) is 1.76. The van der Waals surface area contributed by atoms with E-state index in [0.29, 0.717) is 11.3 Å². The van der Waals surface area contributed by atoms with Crippen LogP contribution in [0.5, 0.6) is 0 Å². The van der Waals surface area contributed by atoms with Crippen molar-refractivity contribution in [3.05, 3.63) is 36.1 Å². The Bertz CT molecular complexity index is 566. The molecule has 5 heteroatoms. The molecule has 100 valence electrons.